The Morgan fingerprint density at radius 2 is 1.95 bits per heavy atom. The highest BCUT2D eigenvalue weighted by Gasteiger charge is 2.20. The first-order valence-electron chi connectivity index (χ1n) is 6.43. The summed E-state index contributed by atoms with van der Waals surface area (Å²) in [6, 6.07) is 7.22. The molecule has 8 heteroatoms. The van der Waals surface area contributed by atoms with Crippen LogP contribution in [0, 0.1) is 0 Å². The number of sulfonamides is 1. The van der Waals surface area contributed by atoms with Crippen molar-refractivity contribution in [2.45, 2.75) is 11.8 Å². The number of carbonyl (C=O) groups is 1. The molecule has 0 aliphatic heterocycles. The number of nitrogen functional groups attached to an aromatic ring is 1. The summed E-state index contributed by atoms with van der Waals surface area (Å²) in [6.45, 7) is 1.65. The fourth-order valence-electron chi connectivity index (χ4n) is 1.47. The lowest BCUT2D eigenvalue weighted by Gasteiger charge is -2.15. The Morgan fingerprint density at radius 1 is 1.33 bits per heavy atom. The Kier molecular flexibility index (Phi) is 7.00. The summed E-state index contributed by atoms with van der Waals surface area (Å²) in [5, 5.41) is 0. The number of esters is 1. The molecule has 0 unspecified atom stereocenters. The second-order valence-electron chi connectivity index (χ2n) is 4.29. The minimum Gasteiger partial charge on any atom is -0.465 e. The van der Waals surface area contributed by atoms with E-state index in [1.54, 1.807) is 19.1 Å². The molecule has 0 saturated carbocycles. The topological polar surface area (TPSA) is 89.7 Å². The molecule has 0 aliphatic rings. The van der Waals surface area contributed by atoms with Crippen molar-refractivity contribution in [3.8, 4) is 0 Å². The number of nitrogens with two attached hydrogens (primary N) is 1. The lowest BCUT2D eigenvalue weighted by atomic mass is 10.3. The van der Waals surface area contributed by atoms with Gasteiger partial charge in [-0.2, -0.15) is 4.31 Å². The predicted molar refractivity (Wildman–Crippen MR) is 84.6 cm³/mol. The molecule has 0 aliphatic carbocycles. The predicted octanol–water partition coefficient (Wildman–Crippen LogP) is 1.19. The van der Waals surface area contributed by atoms with Gasteiger partial charge >= 0.3 is 5.97 Å². The van der Waals surface area contributed by atoms with Gasteiger partial charge < -0.3 is 10.5 Å². The average molecular weight is 332 g/mol. The molecular weight excluding hydrogens is 312 g/mol. The molecule has 6 nitrogen and oxygen atoms in total. The van der Waals surface area contributed by atoms with Crippen molar-refractivity contribution < 1.29 is 17.9 Å². The molecule has 0 atom stereocenters. The van der Waals surface area contributed by atoms with Crippen LogP contribution in [0.1, 0.15) is 6.92 Å². The number of thioether (sulfide) groups is 1. The van der Waals surface area contributed by atoms with Crippen molar-refractivity contribution >= 4 is 33.4 Å². The monoisotopic (exact) mass is 332 g/mol. The minimum absolute atomic E-state index is 0.0437. The maximum atomic E-state index is 12.0. The maximum Gasteiger partial charge on any atom is 0.321 e. The molecule has 0 bridgehead atoms. The largest absolute Gasteiger partial charge is 0.465 e. The van der Waals surface area contributed by atoms with Crippen molar-refractivity contribution in [2.24, 2.45) is 0 Å². The van der Waals surface area contributed by atoms with Crippen LogP contribution in [0.15, 0.2) is 29.2 Å². The Labute approximate surface area is 129 Å². The third-order valence-corrected chi connectivity index (χ3v) is 5.69. The molecule has 0 heterocycles. The summed E-state index contributed by atoms with van der Waals surface area (Å²) < 4.78 is 29.8. The molecule has 1 aromatic rings. The molecule has 2 N–H and O–H groups in total. The maximum absolute atomic E-state index is 12.0. The fourth-order valence-corrected chi connectivity index (χ4v) is 3.83. The Hall–Kier alpha value is -1.25. The van der Waals surface area contributed by atoms with Crippen molar-refractivity contribution in [1.29, 1.82) is 0 Å². The Balaban J connectivity index is 2.45. The number of benzene rings is 1. The van der Waals surface area contributed by atoms with E-state index in [9.17, 15) is 13.2 Å². The summed E-state index contributed by atoms with van der Waals surface area (Å²) in [7, 11) is -2.09. The fraction of sp³-hybridized carbons (Fsp3) is 0.462. The number of nitrogens with zero attached hydrogens (tertiary/aromatic N) is 1. The van der Waals surface area contributed by atoms with Gasteiger partial charge in [-0.3, -0.25) is 4.79 Å². The van der Waals surface area contributed by atoms with E-state index in [4.69, 9.17) is 10.5 Å². The van der Waals surface area contributed by atoms with Crippen LogP contribution < -0.4 is 5.73 Å². The molecule has 0 radical (unpaired) electrons. The van der Waals surface area contributed by atoms with Crippen LogP contribution in [-0.4, -0.2) is 50.4 Å². The van der Waals surface area contributed by atoms with Gasteiger partial charge in [-0.1, -0.05) is 0 Å². The highest BCUT2D eigenvalue weighted by Crippen LogP contribution is 2.19. The number of ether oxygens (including phenoxy) is 1. The van der Waals surface area contributed by atoms with Gasteiger partial charge in [0.1, 0.15) is 6.54 Å². The number of hydrogen-bond acceptors (Lipinski definition) is 6. The molecule has 0 spiro atoms. The summed E-state index contributed by atoms with van der Waals surface area (Å²) in [6.07, 6.45) is 0. The van der Waals surface area contributed by atoms with Gasteiger partial charge in [-0.25, -0.2) is 8.42 Å². The van der Waals surface area contributed by atoms with Crippen LogP contribution in [0.2, 0.25) is 0 Å². The van der Waals surface area contributed by atoms with Gasteiger partial charge in [-0.15, -0.1) is 11.8 Å². The van der Waals surface area contributed by atoms with E-state index in [1.165, 1.54) is 18.8 Å². The first kappa shape index (κ1) is 17.8. The van der Waals surface area contributed by atoms with E-state index < -0.39 is 16.0 Å². The zero-order chi connectivity index (χ0) is 15.9. The van der Waals surface area contributed by atoms with E-state index in [1.807, 2.05) is 12.1 Å². The molecule has 1 rings (SSSR count). The summed E-state index contributed by atoms with van der Waals surface area (Å²) in [5.41, 5.74) is 6.25. The molecule has 0 fully saturated rings. The third-order valence-electron chi connectivity index (χ3n) is 2.62. The summed E-state index contributed by atoms with van der Waals surface area (Å²) in [5.74, 6) is -0.188. The van der Waals surface area contributed by atoms with Gasteiger partial charge in [0.15, 0.2) is 0 Å². The first-order valence-corrected chi connectivity index (χ1v) is 9.02. The summed E-state index contributed by atoms with van der Waals surface area (Å²) >= 11 is 1.42. The minimum atomic E-state index is -3.47. The zero-order valence-electron chi connectivity index (χ0n) is 12.1. The third kappa shape index (κ3) is 6.36. The van der Waals surface area contributed by atoms with E-state index >= 15 is 0 Å². The number of anilines is 1. The Bertz CT molecular complexity index is 558. The van der Waals surface area contributed by atoms with E-state index in [0.29, 0.717) is 11.4 Å². The normalized spacial score (nSPS) is 11.6. The smallest absolute Gasteiger partial charge is 0.321 e. The molecule has 118 valence electrons. The highest BCUT2D eigenvalue weighted by molar-refractivity contribution is 8.00. The van der Waals surface area contributed by atoms with Crippen molar-refractivity contribution in [2.75, 3.05) is 37.4 Å². The number of rotatable bonds is 8. The van der Waals surface area contributed by atoms with Crippen LogP contribution in [0.25, 0.3) is 0 Å². The number of carbonyl (C=O) groups excluding carboxylic acids is 1. The molecule has 0 amide bonds. The van der Waals surface area contributed by atoms with E-state index in [0.717, 1.165) is 9.20 Å². The molecule has 1 aromatic carbocycles. The average Bonchev–Trinajstić information content (AvgIpc) is 2.41. The van der Waals surface area contributed by atoms with E-state index in [-0.39, 0.29) is 18.9 Å². The molecule has 0 saturated heterocycles. The molecule has 0 aromatic heterocycles. The van der Waals surface area contributed by atoms with Gasteiger partial charge in [0, 0.05) is 23.4 Å². The van der Waals surface area contributed by atoms with Crippen LogP contribution >= 0.6 is 11.8 Å². The van der Waals surface area contributed by atoms with Gasteiger partial charge in [0.2, 0.25) is 10.0 Å². The van der Waals surface area contributed by atoms with Crippen molar-refractivity contribution in [1.82, 2.24) is 4.31 Å². The van der Waals surface area contributed by atoms with Crippen molar-refractivity contribution in [3.63, 3.8) is 0 Å². The highest BCUT2D eigenvalue weighted by atomic mass is 32.2. The lowest BCUT2D eigenvalue weighted by Crippen LogP contribution is -2.35. The zero-order valence-corrected chi connectivity index (χ0v) is 13.7. The molecule has 21 heavy (non-hydrogen) atoms. The Morgan fingerprint density at radius 3 is 2.52 bits per heavy atom. The quantitative estimate of drug-likeness (QED) is 0.437. The number of likely N-dealkylation sites (N-methyl/N-ethyl adjacent to an activating group) is 1. The lowest BCUT2D eigenvalue weighted by molar-refractivity contribution is -0.143. The van der Waals surface area contributed by atoms with Crippen LogP contribution in [0.4, 0.5) is 5.69 Å². The van der Waals surface area contributed by atoms with Gasteiger partial charge in [0.25, 0.3) is 0 Å². The summed E-state index contributed by atoms with van der Waals surface area (Å²) in [4.78, 5) is 12.2. The SMILES string of the molecule is CCOC(=O)CN(C)S(=O)(=O)CCSc1ccc(N)cc1. The second-order valence-corrected chi connectivity index (χ2v) is 7.66. The first-order chi connectivity index (χ1) is 9.85. The molecular formula is C13H20N2O4S2. The second kappa shape index (κ2) is 8.26. The van der Waals surface area contributed by atoms with Gasteiger partial charge in [-0.05, 0) is 31.2 Å². The standard InChI is InChI=1S/C13H20N2O4S2/c1-3-19-13(16)10-15(2)21(17,18)9-8-20-12-6-4-11(14)5-7-12/h4-7H,3,8-10,14H2,1-2H3. The van der Waals surface area contributed by atoms with Gasteiger partial charge in [0.05, 0.1) is 12.4 Å². The number of hydrogen-bond donors (Lipinski definition) is 1. The van der Waals surface area contributed by atoms with Crippen LogP contribution in [0.3, 0.4) is 0 Å². The van der Waals surface area contributed by atoms with Crippen LogP contribution in [0.5, 0.6) is 0 Å². The van der Waals surface area contributed by atoms with E-state index in [2.05, 4.69) is 0 Å². The van der Waals surface area contributed by atoms with Crippen molar-refractivity contribution in [3.05, 3.63) is 24.3 Å². The van der Waals surface area contributed by atoms with Crippen LogP contribution in [-0.2, 0) is 19.6 Å².